The summed E-state index contributed by atoms with van der Waals surface area (Å²) in [6, 6.07) is 0. The van der Waals surface area contributed by atoms with Crippen molar-refractivity contribution in [2.24, 2.45) is 5.92 Å². The zero-order valence-corrected chi connectivity index (χ0v) is 16.2. The monoisotopic (exact) mass is 366 g/mol. The average Bonchev–Trinajstić information content (AvgIpc) is 2.75. The van der Waals surface area contributed by atoms with Crippen molar-refractivity contribution in [3.8, 4) is 0 Å². The highest BCUT2D eigenvalue weighted by atomic mass is 32.1. The zero-order chi connectivity index (χ0) is 17.1. The minimum absolute atomic E-state index is 0.247. The molecule has 132 valence electrons. The number of likely N-dealkylation sites (tertiary alicyclic amines) is 1. The Morgan fingerprint density at radius 2 is 2.00 bits per heavy atom. The Labute approximate surface area is 153 Å². The van der Waals surface area contributed by atoms with E-state index in [1.807, 2.05) is 0 Å². The summed E-state index contributed by atoms with van der Waals surface area (Å²) < 4.78 is 5.05. The highest BCUT2D eigenvalue weighted by Gasteiger charge is 2.29. The lowest BCUT2D eigenvalue weighted by Crippen LogP contribution is -2.35. The van der Waals surface area contributed by atoms with Crippen molar-refractivity contribution < 1.29 is 9.53 Å². The van der Waals surface area contributed by atoms with Crippen molar-refractivity contribution in [3.63, 3.8) is 0 Å². The van der Waals surface area contributed by atoms with Crippen molar-refractivity contribution in [1.82, 2.24) is 4.90 Å². The molecule has 0 spiro atoms. The second-order valence-corrected chi connectivity index (χ2v) is 8.37. The third-order valence-corrected chi connectivity index (χ3v) is 6.54. The van der Waals surface area contributed by atoms with E-state index in [4.69, 9.17) is 17.0 Å². The Morgan fingerprint density at radius 1 is 1.29 bits per heavy atom. The molecule has 1 saturated heterocycles. The number of nitrogens with one attached hydrogen (secondary N) is 1. The van der Waals surface area contributed by atoms with Gasteiger partial charge in [-0.25, -0.2) is 4.79 Å². The first-order chi connectivity index (χ1) is 11.6. The third kappa shape index (κ3) is 3.75. The van der Waals surface area contributed by atoms with Gasteiger partial charge in [0, 0.05) is 18.0 Å². The van der Waals surface area contributed by atoms with Crippen LogP contribution in [0.15, 0.2) is 0 Å². The van der Waals surface area contributed by atoms with Gasteiger partial charge in [-0.15, -0.1) is 11.3 Å². The Balaban J connectivity index is 1.84. The Hall–Kier alpha value is -1.14. The van der Waals surface area contributed by atoms with Crippen LogP contribution in [0.5, 0.6) is 0 Å². The summed E-state index contributed by atoms with van der Waals surface area (Å²) in [5.74, 6) is 0.426. The molecular formula is C18H26N2O2S2. The number of carbonyl (C=O) groups is 1. The van der Waals surface area contributed by atoms with E-state index >= 15 is 0 Å². The fraction of sp³-hybridized carbons (Fsp3) is 0.667. The molecule has 1 fully saturated rings. The number of thiocarbonyl (C=S) groups is 1. The van der Waals surface area contributed by atoms with Crippen LogP contribution in [-0.4, -0.2) is 36.2 Å². The number of hydrogen-bond acceptors (Lipinski definition) is 4. The van der Waals surface area contributed by atoms with Crippen LogP contribution in [0.1, 0.15) is 59.8 Å². The van der Waals surface area contributed by atoms with Gasteiger partial charge in [0.2, 0.25) is 0 Å². The molecule has 1 N–H and O–H groups in total. The first-order valence-corrected chi connectivity index (χ1v) is 10.1. The molecule has 1 aliphatic carbocycles. The molecule has 1 atom stereocenters. The Morgan fingerprint density at radius 3 is 2.67 bits per heavy atom. The first kappa shape index (κ1) is 17.7. The van der Waals surface area contributed by atoms with E-state index < -0.39 is 0 Å². The van der Waals surface area contributed by atoms with Crippen LogP contribution in [-0.2, 0) is 17.6 Å². The number of esters is 1. The second-order valence-electron chi connectivity index (χ2n) is 6.88. The average molecular weight is 367 g/mol. The minimum atomic E-state index is -0.247. The molecule has 0 bridgehead atoms. The number of carbonyl (C=O) groups excluding carboxylic acids is 1. The highest BCUT2D eigenvalue weighted by molar-refractivity contribution is 7.80. The zero-order valence-electron chi connectivity index (χ0n) is 14.5. The Kier molecular flexibility index (Phi) is 5.76. The number of thiophene rings is 1. The molecule has 0 radical (unpaired) electrons. The van der Waals surface area contributed by atoms with Crippen LogP contribution in [0.2, 0.25) is 0 Å². The van der Waals surface area contributed by atoms with Crippen LogP contribution in [0.3, 0.4) is 0 Å². The first-order valence-electron chi connectivity index (χ1n) is 8.89. The summed E-state index contributed by atoms with van der Waals surface area (Å²) in [6.45, 7) is 4.28. The number of methoxy groups -OCH3 is 1. The van der Waals surface area contributed by atoms with E-state index in [0.29, 0.717) is 11.5 Å². The van der Waals surface area contributed by atoms with Crippen LogP contribution >= 0.6 is 23.6 Å². The van der Waals surface area contributed by atoms with Crippen molar-refractivity contribution >= 4 is 39.6 Å². The summed E-state index contributed by atoms with van der Waals surface area (Å²) in [6.07, 6.45) is 8.05. The summed E-state index contributed by atoms with van der Waals surface area (Å²) in [5.41, 5.74) is 1.88. The molecule has 1 unspecified atom stereocenters. The van der Waals surface area contributed by atoms with Gasteiger partial charge in [0.25, 0.3) is 0 Å². The quantitative estimate of drug-likeness (QED) is 0.626. The van der Waals surface area contributed by atoms with E-state index in [2.05, 4.69) is 17.1 Å². The predicted molar refractivity (Wildman–Crippen MR) is 103 cm³/mol. The van der Waals surface area contributed by atoms with Gasteiger partial charge in [0.05, 0.1) is 12.7 Å². The van der Waals surface area contributed by atoms with Crippen molar-refractivity contribution in [2.45, 2.75) is 51.9 Å². The lowest BCUT2D eigenvalue weighted by atomic mass is 9.88. The van der Waals surface area contributed by atoms with Gasteiger partial charge in [0.1, 0.15) is 5.00 Å². The van der Waals surface area contributed by atoms with Crippen molar-refractivity contribution in [2.75, 3.05) is 25.5 Å². The lowest BCUT2D eigenvalue weighted by Gasteiger charge is -2.23. The topological polar surface area (TPSA) is 41.6 Å². The standard InChI is InChI=1S/C18H26N2O2S2/c1-12-7-8-13-14(11-12)24-16(15(13)17(21)22-2)19-18(23)20-9-5-3-4-6-10-20/h12H,3-11H2,1-2H3,(H,19,23). The minimum Gasteiger partial charge on any atom is -0.465 e. The predicted octanol–water partition coefficient (Wildman–Crippen LogP) is 4.23. The van der Waals surface area contributed by atoms with Gasteiger partial charge in [-0.1, -0.05) is 19.8 Å². The maximum atomic E-state index is 12.3. The molecule has 2 heterocycles. The Bertz CT molecular complexity index is 619. The molecule has 3 rings (SSSR count). The molecule has 0 saturated carbocycles. The molecule has 1 aromatic rings. The maximum Gasteiger partial charge on any atom is 0.341 e. The van der Waals surface area contributed by atoms with Crippen molar-refractivity contribution in [1.29, 1.82) is 0 Å². The van der Waals surface area contributed by atoms with E-state index in [1.165, 1.54) is 43.2 Å². The number of hydrogen-bond donors (Lipinski definition) is 1. The molecule has 6 heteroatoms. The molecule has 24 heavy (non-hydrogen) atoms. The molecule has 0 aromatic carbocycles. The van der Waals surface area contributed by atoms with Crippen LogP contribution in [0, 0.1) is 5.92 Å². The smallest absolute Gasteiger partial charge is 0.341 e. The maximum absolute atomic E-state index is 12.3. The van der Waals surface area contributed by atoms with Gasteiger partial charge in [-0.2, -0.15) is 0 Å². The van der Waals surface area contributed by atoms with Crippen molar-refractivity contribution in [3.05, 3.63) is 16.0 Å². The van der Waals surface area contributed by atoms with Gasteiger partial charge in [0.15, 0.2) is 5.11 Å². The van der Waals surface area contributed by atoms with E-state index in [0.717, 1.165) is 42.5 Å². The largest absolute Gasteiger partial charge is 0.465 e. The SMILES string of the molecule is COC(=O)c1c(NC(=S)N2CCCCCC2)sc2c1CCC(C)C2. The van der Waals surface area contributed by atoms with Crippen LogP contribution < -0.4 is 5.32 Å². The van der Waals surface area contributed by atoms with Gasteiger partial charge < -0.3 is 15.0 Å². The molecule has 2 aliphatic rings. The summed E-state index contributed by atoms with van der Waals surface area (Å²) in [7, 11) is 1.45. The fourth-order valence-corrected chi connectivity index (χ4v) is 5.35. The number of fused-ring (bicyclic) bond motifs is 1. The van der Waals surface area contributed by atoms with Crippen LogP contribution in [0.4, 0.5) is 5.00 Å². The molecule has 1 aliphatic heterocycles. The molecular weight excluding hydrogens is 340 g/mol. The van der Waals surface area contributed by atoms with E-state index in [9.17, 15) is 4.79 Å². The number of nitrogens with zero attached hydrogens (tertiary/aromatic N) is 1. The normalized spacial score (nSPS) is 20.9. The summed E-state index contributed by atoms with van der Waals surface area (Å²) >= 11 is 7.31. The number of ether oxygens (including phenoxy) is 1. The highest BCUT2D eigenvalue weighted by Crippen LogP contribution is 2.40. The van der Waals surface area contributed by atoms with Gasteiger partial charge in [-0.3, -0.25) is 0 Å². The van der Waals surface area contributed by atoms with E-state index in [1.54, 1.807) is 11.3 Å². The molecule has 4 nitrogen and oxygen atoms in total. The van der Waals surface area contributed by atoms with Gasteiger partial charge in [-0.05, 0) is 55.8 Å². The van der Waals surface area contributed by atoms with Crippen LogP contribution in [0.25, 0.3) is 0 Å². The summed E-state index contributed by atoms with van der Waals surface area (Å²) in [5, 5.41) is 4.99. The number of rotatable bonds is 2. The third-order valence-electron chi connectivity index (χ3n) is 5.01. The number of anilines is 1. The van der Waals surface area contributed by atoms with E-state index in [-0.39, 0.29) is 5.97 Å². The summed E-state index contributed by atoms with van der Waals surface area (Å²) in [4.78, 5) is 15.9. The molecule has 0 amide bonds. The van der Waals surface area contributed by atoms with Gasteiger partial charge >= 0.3 is 5.97 Å². The fourth-order valence-electron chi connectivity index (χ4n) is 3.61. The molecule has 1 aromatic heterocycles. The second kappa shape index (κ2) is 7.83. The lowest BCUT2D eigenvalue weighted by molar-refractivity contribution is 0.0601.